The molecule has 0 spiro atoms. The zero-order chi connectivity index (χ0) is 14.4. The summed E-state index contributed by atoms with van der Waals surface area (Å²) in [6.07, 6.45) is 0. The van der Waals surface area contributed by atoms with Gasteiger partial charge in [-0.15, -0.1) is 0 Å². The number of aromatic nitrogens is 2. The monoisotopic (exact) mass is 276 g/mol. The maximum atomic E-state index is 12.4. The number of fused-ring (bicyclic) bond motifs is 4. The molecule has 0 radical (unpaired) electrons. The summed E-state index contributed by atoms with van der Waals surface area (Å²) in [5.41, 5.74) is 4.08. The molecule has 1 aliphatic rings. The van der Waals surface area contributed by atoms with Crippen LogP contribution < -0.4 is 4.74 Å². The van der Waals surface area contributed by atoms with Gasteiger partial charge >= 0.3 is 0 Å². The molecular formula is C17H12N2O2. The fraction of sp³-hybridized carbons (Fsp3) is 0.118. The highest BCUT2D eigenvalue weighted by atomic mass is 16.5. The molecule has 0 aliphatic heterocycles. The minimum atomic E-state index is -0.0520. The van der Waals surface area contributed by atoms with Crippen molar-refractivity contribution in [2.24, 2.45) is 0 Å². The topological polar surface area (TPSA) is 52.1 Å². The van der Waals surface area contributed by atoms with Crippen LogP contribution in [0.25, 0.3) is 22.3 Å². The van der Waals surface area contributed by atoms with Crippen LogP contribution in [0.3, 0.4) is 0 Å². The molecule has 4 heteroatoms. The third kappa shape index (κ3) is 1.72. The summed E-state index contributed by atoms with van der Waals surface area (Å²) in [6, 6.07) is 13.0. The molecule has 0 saturated heterocycles. The lowest BCUT2D eigenvalue weighted by Gasteiger charge is -2.05. The largest absolute Gasteiger partial charge is 0.494 e. The maximum absolute atomic E-state index is 12.4. The maximum Gasteiger partial charge on any atom is 0.214 e. The van der Waals surface area contributed by atoms with E-state index >= 15 is 0 Å². The first-order valence-corrected chi connectivity index (χ1v) is 6.86. The normalized spacial score (nSPS) is 12.3. The average Bonchev–Trinajstić information content (AvgIpc) is 2.79. The van der Waals surface area contributed by atoms with Gasteiger partial charge in [-0.2, -0.15) is 0 Å². The Balaban J connectivity index is 1.97. The van der Waals surface area contributed by atoms with Gasteiger partial charge in [-0.25, -0.2) is 9.97 Å². The molecule has 0 N–H and O–H groups in total. The first-order chi connectivity index (χ1) is 10.3. The summed E-state index contributed by atoms with van der Waals surface area (Å²) in [7, 11) is 0. The summed E-state index contributed by atoms with van der Waals surface area (Å²) >= 11 is 0. The van der Waals surface area contributed by atoms with Crippen molar-refractivity contribution in [1.29, 1.82) is 0 Å². The number of hydrogen-bond donors (Lipinski definition) is 0. The van der Waals surface area contributed by atoms with E-state index in [1.165, 1.54) is 0 Å². The van der Waals surface area contributed by atoms with Crippen LogP contribution in [0.1, 0.15) is 23.0 Å². The Hall–Kier alpha value is -2.75. The van der Waals surface area contributed by atoms with E-state index in [1.807, 2.05) is 49.4 Å². The second-order valence-corrected chi connectivity index (χ2v) is 4.88. The van der Waals surface area contributed by atoms with Gasteiger partial charge in [0.25, 0.3) is 0 Å². The quantitative estimate of drug-likeness (QED) is 0.564. The minimum Gasteiger partial charge on any atom is -0.494 e. The van der Waals surface area contributed by atoms with E-state index in [1.54, 1.807) is 0 Å². The van der Waals surface area contributed by atoms with Gasteiger partial charge < -0.3 is 4.74 Å². The molecule has 0 amide bonds. The lowest BCUT2D eigenvalue weighted by atomic mass is 10.1. The second kappa shape index (κ2) is 4.38. The fourth-order valence-corrected chi connectivity index (χ4v) is 2.65. The van der Waals surface area contributed by atoms with Crippen LogP contribution in [0.2, 0.25) is 0 Å². The van der Waals surface area contributed by atoms with E-state index in [4.69, 9.17) is 4.74 Å². The van der Waals surface area contributed by atoms with E-state index in [2.05, 4.69) is 9.97 Å². The molecule has 0 unspecified atom stereocenters. The van der Waals surface area contributed by atoms with Gasteiger partial charge in [-0.05, 0) is 19.1 Å². The number of rotatable bonds is 2. The molecule has 0 bridgehead atoms. The molecule has 21 heavy (non-hydrogen) atoms. The van der Waals surface area contributed by atoms with E-state index in [0.717, 1.165) is 16.8 Å². The summed E-state index contributed by atoms with van der Waals surface area (Å²) in [6.45, 7) is 2.54. The smallest absolute Gasteiger partial charge is 0.214 e. The van der Waals surface area contributed by atoms with E-state index < -0.39 is 0 Å². The van der Waals surface area contributed by atoms with Crippen molar-refractivity contribution in [3.05, 3.63) is 53.7 Å². The Morgan fingerprint density at radius 2 is 1.71 bits per heavy atom. The zero-order valence-electron chi connectivity index (χ0n) is 11.5. The highest BCUT2D eigenvalue weighted by molar-refractivity contribution is 6.20. The van der Waals surface area contributed by atoms with Crippen LogP contribution in [0.15, 0.2) is 42.5 Å². The standard InChI is InChI=1S/C17H12N2O2/c1-2-21-10-7-8-13-14(9-10)19-15-11-5-3-4-6-12(11)17(20)16(15)18-13/h3-9H,2H2,1H3. The van der Waals surface area contributed by atoms with Gasteiger partial charge in [0, 0.05) is 17.2 Å². The third-order valence-electron chi connectivity index (χ3n) is 3.59. The van der Waals surface area contributed by atoms with Crippen molar-refractivity contribution < 1.29 is 9.53 Å². The van der Waals surface area contributed by atoms with Gasteiger partial charge in [-0.1, -0.05) is 24.3 Å². The molecule has 0 saturated carbocycles. The van der Waals surface area contributed by atoms with Gasteiger partial charge in [-0.3, -0.25) is 4.79 Å². The lowest BCUT2D eigenvalue weighted by molar-refractivity contribution is 0.103. The number of carbonyl (C=O) groups is 1. The summed E-state index contributed by atoms with van der Waals surface area (Å²) in [4.78, 5) is 21.5. The van der Waals surface area contributed by atoms with Gasteiger partial charge in [0.1, 0.15) is 17.1 Å². The molecule has 2 aromatic carbocycles. The van der Waals surface area contributed by atoms with Crippen molar-refractivity contribution in [1.82, 2.24) is 9.97 Å². The van der Waals surface area contributed by atoms with Crippen molar-refractivity contribution >= 4 is 16.8 Å². The van der Waals surface area contributed by atoms with Crippen molar-refractivity contribution in [3.8, 4) is 17.0 Å². The summed E-state index contributed by atoms with van der Waals surface area (Å²) < 4.78 is 5.49. The first kappa shape index (κ1) is 12.0. The number of ketones is 1. The minimum absolute atomic E-state index is 0.0520. The fourth-order valence-electron chi connectivity index (χ4n) is 2.65. The number of nitrogens with zero attached hydrogens (tertiary/aromatic N) is 2. The molecule has 0 atom stereocenters. The molecule has 4 rings (SSSR count). The van der Waals surface area contributed by atoms with Crippen molar-refractivity contribution in [2.45, 2.75) is 6.92 Å². The van der Waals surface area contributed by atoms with Crippen LogP contribution in [0.4, 0.5) is 0 Å². The molecule has 1 heterocycles. The molecular weight excluding hydrogens is 264 g/mol. The van der Waals surface area contributed by atoms with E-state index in [9.17, 15) is 4.79 Å². The summed E-state index contributed by atoms with van der Waals surface area (Å²) in [5.74, 6) is 0.709. The van der Waals surface area contributed by atoms with Crippen molar-refractivity contribution in [3.63, 3.8) is 0 Å². The van der Waals surface area contributed by atoms with Crippen LogP contribution in [0, 0.1) is 0 Å². The predicted molar refractivity (Wildman–Crippen MR) is 79.6 cm³/mol. The number of benzene rings is 2. The molecule has 3 aromatic rings. The zero-order valence-corrected chi connectivity index (χ0v) is 11.5. The number of carbonyl (C=O) groups excluding carboxylic acids is 1. The first-order valence-electron chi connectivity index (χ1n) is 6.86. The molecule has 0 fully saturated rings. The van der Waals surface area contributed by atoms with Gasteiger partial charge in [0.15, 0.2) is 0 Å². The average molecular weight is 276 g/mol. The Morgan fingerprint density at radius 1 is 0.952 bits per heavy atom. The highest BCUT2D eigenvalue weighted by Crippen LogP contribution is 2.35. The number of ether oxygens (including phenoxy) is 1. The second-order valence-electron chi connectivity index (χ2n) is 4.88. The van der Waals surface area contributed by atoms with Crippen molar-refractivity contribution in [2.75, 3.05) is 6.61 Å². The molecule has 1 aromatic heterocycles. The number of hydrogen-bond acceptors (Lipinski definition) is 4. The van der Waals surface area contributed by atoms with Crippen LogP contribution >= 0.6 is 0 Å². The Labute approximate surface area is 121 Å². The van der Waals surface area contributed by atoms with Gasteiger partial charge in [0.05, 0.1) is 17.6 Å². The Bertz CT molecular complexity index is 887. The third-order valence-corrected chi connectivity index (χ3v) is 3.59. The van der Waals surface area contributed by atoms with Crippen LogP contribution in [-0.4, -0.2) is 22.4 Å². The Morgan fingerprint density at radius 3 is 2.52 bits per heavy atom. The predicted octanol–water partition coefficient (Wildman–Crippen LogP) is 3.24. The van der Waals surface area contributed by atoms with E-state index in [-0.39, 0.29) is 5.78 Å². The molecule has 102 valence electrons. The SMILES string of the molecule is CCOc1ccc2nc3c(nc2c1)-c1ccccc1C3=O. The van der Waals surface area contributed by atoms with Gasteiger partial charge in [0.2, 0.25) is 5.78 Å². The highest BCUT2D eigenvalue weighted by Gasteiger charge is 2.29. The molecule has 1 aliphatic carbocycles. The van der Waals surface area contributed by atoms with Crippen LogP contribution in [-0.2, 0) is 0 Å². The van der Waals surface area contributed by atoms with E-state index in [0.29, 0.717) is 29.1 Å². The lowest BCUT2D eigenvalue weighted by Crippen LogP contribution is -2.00. The Kier molecular flexibility index (Phi) is 2.51. The van der Waals surface area contributed by atoms with Crippen LogP contribution in [0.5, 0.6) is 5.75 Å². The molecule has 4 nitrogen and oxygen atoms in total. The summed E-state index contributed by atoms with van der Waals surface area (Å²) in [5, 5.41) is 0.